The number of halogens is 4. The lowest BCUT2D eigenvalue weighted by Crippen LogP contribution is -2.46. The minimum atomic E-state index is -4.81. The Kier molecular flexibility index (Phi) is 6.10. The number of hydrogen-bond acceptors (Lipinski definition) is 5. The van der Waals surface area contributed by atoms with Crippen LogP contribution in [0, 0.1) is 35.5 Å². The molecule has 0 amide bonds. The van der Waals surface area contributed by atoms with Gasteiger partial charge in [0, 0.05) is 12.3 Å². The Morgan fingerprint density at radius 3 is 2.50 bits per heavy atom. The highest BCUT2D eigenvalue weighted by molar-refractivity contribution is 9.10. The third-order valence-corrected chi connectivity index (χ3v) is 10.2. The molecule has 1 heterocycles. The van der Waals surface area contributed by atoms with Gasteiger partial charge in [-0.1, -0.05) is 11.3 Å². The van der Waals surface area contributed by atoms with E-state index in [2.05, 4.69) is 20.7 Å². The summed E-state index contributed by atoms with van der Waals surface area (Å²) in [4.78, 5) is 24.9. The Morgan fingerprint density at radius 1 is 1.00 bits per heavy atom. The van der Waals surface area contributed by atoms with E-state index in [-0.39, 0.29) is 15.5 Å². The van der Waals surface area contributed by atoms with E-state index in [0.29, 0.717) is 52.6 Å². The van der Waals surface area contributed by atoms with Gasteiger partial charge >= 0.3 is 12.3 Å². The number of Topliss-reactive ketones (excluding diaryl/α,β-unsaturated/α-hetero) is 1. The van der Waals surface area contributed by atoms with Crippen LogP contribution in [0.4, 0.5) is 13.2 Å². The average Bonchev–Trinajstić information content (AvgIpc) is 3.29. The minimum Gasteiger partial charge on any atom is -0.458 e. The van der Waals surface area contributed by atoms with Crippen LogP contribution in [0.5, 0.6) is 5.06 Å². The third kappa shape index (κ3) is 4.36. The van der Waals surface area contributed by atoms with Crippen molar-refractivity contribution in [2.45, 2.75) is 70.3 Å². The molecule has 4 aliphatic rings. The minimum absolute atomic E-state index is 0.0924. The van der Waals surface area contributed by atoms with Crippen molar-refractivity contribution in [3.8, 4) is 5.06 Å². The molecule has 32 heavy (non-hydrogen) atoms. The largest absolute Gasteiger partial charge is 0.573 e. The average molecular weight is 535 g/mol. The normalized spacial score (nSPS) is 36.8. The van der Waals surface area contributed by atoms with E-state index in [4.69, 9.17) is 4.74 Å². The fourth-order valence-corrected chi connectivity index (χ4v) is 8.68. The molecule has 9 heteroatoms. The monoisotopic (exact) mass is 534 g/mol. The van der Waals surface area contributed by atoms with Gasteiger partial charge < -0.3 is 9.47 Å². The number of rotatable bonds is 3. The van der Waals surface area contributed by atoms with E-state index in [1.807, 2.05) is 0 Å². The second-order valence-corrected chi connectivity index (χ2v) is 11.7. The van der Waals surface area contributed by atoms with Crippen molar-refractivity contribution in [2.24, 2.45) is 35.5 Å². The number of esters is 1. The van der Waals surface area contributed by atoms with Crippen molar-refractivity contribution in [3.63, 3.8) is 0 Å². The van der Waals surface area contributed by atoms with Crippen molar-refractivity contribution in [1.29, 1.82) is 0 Å². The molecule has 0 radical (unpaired) electrons. The van der Waals surface area contributed by atoms with E-state index in [9.17, 15) is 22.8 Å². The van der Waals surface area contributed by atoms with Crippen LogP contribution < -0.4 is 4.74 Å². The van der Waals surface area contributed by atoms with Crippen molar-refractivity contribution in [2.75, 3.05) is 0 Å². The first-order valence-corrected chi connectivity index (χ1v) is 13.1. The number of carbonyl (C=O) groups is 2. The van der Waals surface area contributed by atoms with E-state index in [1.165, 1.54) is 6.07 Å². The van der Waals surface area contributed by atoms with Crippen LogP contribution in [0.2, 0.25) is 0 Å². The lowest BCUT2D eigenvalue weighted by molar-refractivity contribution is -0.273. The van der Waals surface area contributed by atoms with Gasteiger partial charge in [0.05, 0.1) is 4.47 Å². The molecule has 1 aromatic heterocycles. The summed E-state index contributed by atoms with van der Waals surface area (Å²) in [6.45, 7) is 0. The summed E-state index contributed by atoms with van der Waals surface area (Å²) >= 11 is 3.66. The number of ether oxygens (including phenoxy) is 2. The predicted octanol–water partition coefficient (Wildman–Crippen LogP) is 6.77. The van der Waals surface area contributed by atoms with Gasteiger partial charge in [-0.15, -0.1) is 13.2 Å². The molecule has 4 aliphatic carbocycles. The van der Waals surface area contributed by atoms with Crippen molar-refractivity contribution in [1.82, 2.24) is 0 Å². The van der Waals surface area contributed by atoms with E-state index in [1.54, 1.807) is 0 Å². The zero-order valence-electron chi connectivity index (χ0n) is 17.5. The molecule has 4 fully saturated rings. The molecule has 0 aliphatic heterocycles. The number of alkyl halides is 3. The molecule has 0 N–H and O–H groups in total. The number of ketones is 1. The summed E-state index contributed by atoms with van der Waals surface area (Å²) in [7, 11) is 0. The maximum atomic E-state index is 12.6. The molecule has 0 spiro atoms. The zero-order valence-corrected chi connectivity index (χ0v) is 19.9. The second kappa shape index (κ2) is 8.60. The Balaban J connectivity index is 1.19. The number of thiophene rings is 1. The summed E-state index contributed by atoms with van der Waals surface area (Å²) in [5.41, 5.74) is 0. The highest BCUT2D eigenvalue weighted by Gasteiger charge is 2.51. The van der Waals surface area contributed by atoms with Gasteiger partial charge in [-0.2, -0.15) is 0 Å². The summed E-state index contributed by atoms with van der Waals surface area (Å²) in [5.74, 6) is 3.32. The summed E-state index contributed by atoms with van der Waals surface area (Å²) < 4.78 is 47.3. The molecule has 0 aromatic carbocycles. The smallest absolute Gasteiger partial charge is 0.458 e. The van der Waals surface area contributed by atoms with Crippen molar-refractivity contribution < 1.29 is 32.2 Å². The molecule has 6 unspecified atom stereocenters. The summed E-state index contributed by atoms with van der Waals surface area (Å²) in [6, 6.07) is 1.33. The van der Waals surface area contributed by atoms with E-state index >= 15 is 0 Å². The molecule has 4 saturated carbocycles. The van der Waals surface area contributed by atoms with Crippen molar-refractivity contribution >= 4 is 39.0 Å². The van der Waals surface area contributed by atoms with Crippen molar-refractivity contribution in [3.05, 3.63) is 15.4 Å². The van der Waals surface area contributed by atoms with Gasteiger partial charge in [-0.05, 0) is 103 Å². The molecular formula is C23H26BrF3O4S. The molecule has 5 rings (SSSR count). The molecule has 0 saturated heterocycles. The lowest BCUT2D eigenvalue weighted by atomic mass is 9.53. The Morgan fingerprint density at radius 2 is 1.72 bits per heavy atom. The summed E-state index contributed by atoms with van der Waals surface area (Å²) in [5, 5.41) is -0.396. The standard InChI is InChI=1S/C23H26BrF3O4S/c24-18-10-20(32-22(18)31-23(25,26)27)21(29)30-12-2-4-13-11(9-12)1-3-15-14(13)5-6-17-16(15)7-8-19(17)28/h10-17H,1-9H2/t11?,12-,13?,14?,15?,16?,17?/m0/s1. The fourth-order valence-electron chi connectivity index (χ4n) is 7.18. The Hall–Kier alpha value is -1.09. The maximum absolute atomic E-state index is 12.6. The first kappa shape index (κ1) is 22.7. The quantitative estimate of drug-likeness (QED) is 0.401. The topological polar surface area (TPSA) is 52.6 Å². The maximum Gasteiger partial charge on any atom is 0.573 e. The zero-order chi connectivity index (χ0) is 22.6. The third-order valence-electron chi connectivity index (χ3n) is 8.32. The van der Waals surface area contributed by atoms with E-state index < -0.39 is 17.4 Å². The van der Waals surface area contributed by atoms with Crippen LogP contribution in [0.3, 0.4) is 0 Å². The SMILES string of the molecule is O=C(O[C@H]1CCC2C(CCC3C4CCC(=O)C4CCC23)C1)c1cc(Br)c(OC(F)(F)F)s1. The predicted molar refractivity (Wildman–Crippen MR) is 115 cm³/mol. The highest BCUT2D eigenvalue weighted by Crippen LogP contribution is 2.57. The van der Waals surface area contributed by atoms with Crippen LogP contribution in [-0.4, -0.2) is 24.2 Å². The molecule has 4 nitrogen and oxygen atoms in total. The highest BCUT2D eigenvalue weighted by atomic mass is 79.9. The van der Waals surface area contributed by atoms with Gasteiger partial charge in [-0.25, -0.2) is 4.79 Å². The lowest BCUT2D eigenvalue weighted by Gasteiger charge is -2.52. The van der Waals surface area contributed by atoms with Crippen LogP contribution in [-0.2, 0) is 9.53 Å². The van der Waals surface area contributed by atoms with Crippen LogP contribution in [0.1, 0.15) is 67.5 Å². The van der Waals surface area contributed by atoms with Gasteiger partial charge in [-0.3, -0.25) is 4.79 Å². The second-order valence-electron chi connectivity index (χ2n) is 9.82. The first-order chi connectivity index (χ1) is 15.2. The number of fused-ring (bicyclic) bond motifs is 5. The van der Waals surface area contributed by atoms with Gasteiger partial charge in [0.15, 0.2) is 5.06 Å². The molecule has 1 aromatic rings. The number of hydrogen-bond donors (Lipinski definition) is 0. The Bertz CT molecular complexity index is 900. The first-order valence-electron chi connectivity index (χ1n) is 11.5. The van der Waals surface area contributed by atoms with Gasteiger partial charge in [0.2, 0.25) is 0 Å². The molecule has 0 bridgehead atoms. The molecule has 7 atom stereocenters. The van der Waals surface area contributed by atoms with Crippen LogP contribution in [0.25, 0.3) is 0 Å². The van der Waals surface area contributed by atoms with E-state index in [0.717, 1.165) is 57.8 Å². The molecular weight excluding hydrogens is 509 g/mol. The summed E-state index contributed by atoms with van der Waals surface area (Å²) in [6.07, 6.45) is 3.93. The molecule has 176 valence electrons. The fraction of sp³-hybridized carbons (Fsp3) is 0.739. The van der Waals surface area contributed by atoms with Crippen LogP contribution in [0.15, 0.2) is 10.5 Å². The number of carbonyl (C=O) groups excluding carboxylic acids is 2. The van der Waals surface area contributed by atoms with Crippen LogP contribution >= 0.6 is 27.3 Å². The Labute approximate surface area is 197 Å². The van der Waals surface area contributed by atoms with Gasteiger partial charge in [0.25, 0.3) is 0 Å². The van der Waals surface area contributed by atoms with Gasteiger partial charge in [0.1, 0.15) is 16.8 Å².